The Kier molecular flexibility index (Phi) is 2.88. The van der Waals surface area contributed by atoms with Crippen LogP contribution in [0.15, 0.2) is 30.5 Å². The molecule has 0 atom stereocenters. The fraction of sp³-hybridized carbons (Fsp3) is 0.167. The fourth-order valence-electron chi connectivity index (χ4n) is 1.42. The minimum Gasteiger partial charge on any atom is -0.494 e. The van der Waals surface area contributed by atoms with Crippen LogP contribution < -0.4 is 4.74 Å². The maximum atomic E-state index is 8.69. The molecule has 1 aromatic carbocycles. The average molecular weight is 213 g/mol. The van der Waals surface area contributed by atoms with Crippen LogP contribution in [0.3, 0.4) is 0 Å². The van der Waals surface area contributed by atoms with Crippen molar-refractivity contribution in [1.82, 2.24) is 9.97 Å². The van der Waals surface area contributed by atoms with Crippen molar-refractivity contribution in [3.63, 3.8) is 0 Å². The predicted octanol–water partition coefficient (Wildman–Crippen LogP) is 2.35. The molecule has 1 heterocycles. The molecule has 1 aromatic heterocycles. The third kappa shape index (κ3) is 2.04. The van der Waals surface area contributed by atoms with Crippen molar-refractivity contribution in [2.24, 2.45) is 0 Å². The van der Waals surface area contributed by atoms with Crippen LogP contribution in [0.1, 0.15) is 12.6 Å². The maximum Gasteiger partial charge on any atom is 0.138 e. The van der Waals surface area contributed by atoms with Crippen LogP contribution in [-0.2, 0) is 0 Å². The van der Waals surface area contributed by atoms with Crippen LogP contribution in [0.25, 0.3) is 11.4 Å². The first-order valence-corrected chi connectivity index (χ1v) is 5.02. The highest BCUT2D eigenvalue weighted by atomic mass is 16.5. The second kappa shape index (κ2) is 4.49. The minimum absolute atomic E-state index is 0.455. The first kappa shape index (κ1) is 10.2. The summed E-state index contributed by atoms with van der Waals surface area (Å²) in [7, 11) is 0. The number of aromatic nitrogens is 2. The molecule has 0 saturated heterocycles. The van der Waals surface area contributed by atoms with E-state index >= 15 is 0 Å². The van der Waals surface area contributed by atoms with Crippen LogP contribution >= 0.6 is 0 Å². The molecule has 16 heavy (non-hydrogen) atoms. The molecule has 4 heteroatoms. The molecule has 4 nitrogen and oxygen atoms in total. The number of ether oxygens (including phenoxy) is 1. The highest BCUT2D eigenvalue weighted by Gasteiger charge is 2.04. The molecule has 1 N–H and O–H groups in total. The van der Waals surface area contributed by atoms with Gasteiger partial charge >= 0.3 is 0 Å². The number of nitrogens with zero attached hydrogens (tertiary/aromatic N) is 2. The first-order chi connectivity index (χ1) is 7.83. The quantitative estimate of drug-likeness (QED) is 0.851. The summed E-state index contributed by atoms with van der Waals surface area (Å²) >= 11 is 0. The Hall–Kier alpha value is -2.28. The highest BCUT2D eigenvalue weighted by molar-refractivity contribution is 5.58. The smallest absolute Gasteiger partial charge is 0.138 e. The number of rotatable bonds is 3. The van der Waals surface area contributed by atoms with Gasteiger partial charge in [0.05, 0.1) is 12.8 Å². The Labute approximate surface area is 93.5 Å². The molecule has 0 amide bonds. The molecular weight excluding hydrogens is 202 g/mol. The van der Waals surface area contributed by atoms with Crippen molar-refractivity contribution >= 4 is 0 Å². The fourth-order valence-corrected chi connectivity index (χ4v) is 1.42. The van der Waals surface area contributed by atoms with E-state index in [4.69, 9.17) is 10.00 Å². The predicted molar refractivity (Wildman–Crippen MR) is 59.9 cm³/mol. The van der Waals surface area contributed by atoms with E-state index in [1.54, 1.807) is 0 Å². The topological polar surface area (TPSA) is 61.7 Å². The van der Waals surface area contributed by atoms with Crippen LogP contribution in [0.5, 0.6) is 5.75 Å². The molecule has 2 aromatic rings. The molecular formula is C12H11N3O. The number of hydrogen-bond donors (Lipinski definition) is 1. The summed E-state index contributed by atoms with van der Waals surface area (Å²) in [6.07, 6.45) is 1.52. The van der Waals surface area contributed by atoms with Crippen LogP contribution in [-0.4, -0.2) is 16.6 Å². The zero-order valence-electron chi connectivity index (χ0n) is 8.90. The van der Waals surface area contributed by atoms with E-state index in [0.29, 0.717) is 18.1 Å². The minimum atomic E-state index is 0.455. The van der Waals surface area contributed by atoms with Crippen molar-refractivity contribution in [3.8, 4) is 23.2 Å². The van der Waals surface area contributed by atoms with Crippen molar-refractivity contribution < 1.29 is 4.74 Å². The second-order valence-electron chi connectivity index (χ2n) is 3.22. The van der Waals surface area contributed by atoms with Gasteiger partial charge in [-0.15, -0.1) is 0 Å². The van der Waals surface area contributed by atoms with E-state index < -0.39 is 0 Å². The Balaban J connectivity index is 2.33. The zero-order valence-corrected chi connectivity index (χ0v) is 8.90. The van der Waals surface area contributed by atoms with E-state index in [0.717, 1.165) is 11.3 Å². The third-order valence-corrected chi connectivity index (χ3v) is 2.11. The lowest BCUT2D eigenvalue weighted by molar-refractivity contribution is 0.340. The molecule has 0 spiro atoms. The average Bonchev–Trinajstić information content (AvgIpc) is 2.78. The summed E-state index contributed by atoms with van der Waals surface area (Å²) in [6, 6.07) is 9.61. The number of benzene rings is 1. The number of hydrogen-bond acceptors (Lipinski definition) is 3. The lowest BCUT2D eigenvalue weighted by Crippen LogP contribution is -1.91. The van der Waals surface area contributed by atoms with Gasteiger partial charge in [-0.1, -0.05) is 12.1 Å². The lowest BCUT2D eigenvalue weighted by Gasteiger charge is -2.03. The van der Waals surface area contributed by atoms with Crippen molar-refractivity contribution in [2.75, 3.05) is 6.61 Å². The zero-order chi connectivity index (χ0) is 11.4. The number of imidazole rings is 1. The number of H-pyrrole nitrogens is 1. The summed E-state index contributed by atoms with van der Waals surface area (Å²) < 4.78 is 5.39. The van der Waals surface area contributed by atoms with E-state index in [1.165, 1.54) is 6.20 Å². The summed E-state index contributed by atoms with van der Waals surface area (Å²) in [5, 5.41) is 8.69. The Bertz CT molecular complexity index is 525. The van der Waals surface area contributed by atoms with Gasteiger partial charge in [-0.2, -0.15) is 5.26 Å². The summed E-state index contributed by atoms with van der Waals surface area (Å²) in [6.45, 7) is 2.57. The summed E-state index contributed by atoms with van der Waals surface area (Å²) in [5.41, 5.74) is 1.37. The molecule has 0 aliphatic carbocycles. The molecule has 0 radical (unpaired) electrons. The maximum absolute atomic E-state index is 8.69. The molecule has 2 rings (SSSR count). The first-order valence-electron chi connectivity index (χ1n) is 5.02. The Morgan fingerprint density at radius 3 is 3.06 bits per heavy atom. The monoisotopic (exact) mass is 213 g/mol. The highest BCUT2D eigenvalue weighted by Crippen LogP contribution is 2.21. The third-order valence-electron chi connectivity index (χ3n) is 2.11. The van der Waals surface area contributed by atoms with Crippen LogP contribution in [0, 0.1) is 11.3 Å². The normalized spacial score (nSPS) is 9.75. The van der Waals surface area contributed by atoms with Gasteiger partial charge in [0, 0.05) is 5.56 Å². The molecule has 80 valence electrons. The number of aromatic amines is 1. The van der Waals surface area contributed by atoms with E-state index in [-0.39, 0.29) is 0 Å². The molecule has 0 unspecified atom stereocenters. The van der Waals surface area contributed by atoms with Gasteiger partial charge < -0.3 is 9.72 Å². The van der Waals surface area contributed by atoms with Gasteiger partial charge in [0.1, 0.15) is 23.3 Å². The summed E-state index contributed by atoms with van der Waals surface area (Å²) in [5.74, 6) is 1.48. The molecule has 0 fully saturated rings. The Morgan fingerprint density at radius 2 is 2.38 bits per heavy atom. The number of nitriles is 1. The van der Waals surface area contributed by atoms with E-state index in [1.807, 2.05) is 37.3 Å². The van der Waals surface area contributed by atoms with Crippen molar-refractivity contribution in [3.05, 3.63) is 36.2 Å². The number of nitrogens with one attached hydrogen (secondary N) is 1. The van der Waals surface area contributed by atoms with Gasteiger partial charge in [0.25, 0.3) is 0 Å². The van der Waals surface area contributed by atoms with Crippen molar-refractivity contribution in [2.45, 2.75) is 6.92 Å². The molecule has 0 bridgehead atoms. The largest absolute Gasteiger partial charge is 0.494 e. The van der Waals surface area contributed by atoms with Gasteiger partial charge in [0.2, 0.25) is 0 Å². The Morgan fingerprint density at radius 1 is 1.50 bits per heavy atom. The van der Waals surface area contributed by atoms with Crippen LogP contribution in [0.2, 0.25) is 0 Å². The second-order valence-corrected chi connectivity index (χ2v) is 3.22. The van der Waals surface area contributed by atoms with Gasteiger partial charge in [-0.3, -0.25) is 0 Å². The molecule has 0 aliphatic rings. The summed E-state index contributed by atoms with van der Waals surface area (Å²) in [4.78, 5) is 7.05. The van der Waals surface area contributed by atoms with Gasteiger partial charge in [0.15, 0.2) is 0 Å². The van der Waals surface area contributed by atoms with E-state index in [2.05, 4.69) is 9.97 Å². The van der Waals surface area contributed by atoms with Gasteiger partial charge in [-0.25, -0.2) is 4.98 Å². The molecule has 0 saturated carbocycles. The van der Waals surface area contributed by atoms with Crippen molar-refractivity contribution in [1.29, 1.82) is 5.26 Å². The standard InChI is InChI=1S/C12H11N3O/c1-2-16-11-5-3-4-9(6-11)12-14-8-10(7-13)15-12/h3-6,8H,2H2,1H3,(H,14,15). The van der Waals surface area contributed by atoms with Crippen LogP contribution in [0.4, 0.5) is 0 Å². The molecule has 0 aliphatic heterocycles. The lowest BCUT2D eigenvalue weighted by atomic mass is 10.2. The van der Waals surface area contributed by atoms with E-state index in [9.17, 15) is 0 Å². The van der Waals surface area contributed by atoms with Gasteiger partial charge in [-0.05, 0) is 19.1 Å². The SMILES string of the molecule is CCOc1cccc(-c2ncc(C#N)[nH]2)c1.